The first-order chi connectivity index (χ1) is 8.15. The van der Waals surface area contributed by atoms with E-state index in [1.165, 1.54) is 6.08 Å². The number of ether oxygens (including phenoxy) is 1. The third-order valence-corrected chi connectivity index (χ3v) is 2.22. The smallest absolute Gasteiger partial charge is 0.330 e. The van der Waals surface area contributed by atoms with E-state index in [9.17, 15) is 4.79 Å². The van der Waals surface area contributed by atoms with Crippen molar-refractivity contribution >= 4 is 5.97 Å². The topological polar surface area (TPSA) is 69.0 Å². The summed E-state index contributed by atoms with van der Waals surface area (Å²) in [6.07, 6.45) is 4.80. The zero-order valence-electron chi connectivity index (χ0n) is 10.4. The van der Waals surface area contributed by atoms with Crippen LogP contribution >= 0.6 is 0 Å². The van der Waals surface area contributed by atoms with Crippen LogP contribution in [0.1, 0.15) is 25.7 Å². The van der Waals surface area contributed by atoms with E-state index in [-0.39, 0.29) is 12.0 Å². The number of hydrogen-bond acceptors (Lipinski definition) is 5. The predicted octanol–water partition coefficient (Wildman–Crippen LogP) is 0.585. The Bertz CT molecular complexity index is 387. The highest BCUT2D eigenvalue weighted by Gasteiger charge is 2.09. The Balaban J connectivity index is 2.32. The van der Waals surface area contributed by atoms with Gasteiger partial charge in [-0.3, -0.25) is 0 Å². The number of nitrogens with one attached hydrogen (secondary N) is 1. The maximum atomic E-state index is 11.0. The number of rotatable bonds is 6. The van der Waals surface area contributed by atoms with Gasteiger partial charge < -0.3 is 14.6 Å². The first kappa shape index (κ1) is 13.4. The van der Waals surface area contributed by atoms with E-state index in [0.717, 1.165) is 5.82 Å². The zero-order valence-corrected chi connectivity index (χ0v) is 10.4. The van der Waals surface area contributed by atoms with Gasteiger partial charge in [0, 0.05) is 19.7 Å². The van der Waals surface area contributed by atoms with Crippen molar-refractivity contribution in [3.63, 3.8) is 0 Å². The van der Waals surface area contributed by atoms with Gasteiger partial charge in [-0.1, -0.05) is 6.08 Å². The fourth-order valence-electron chi connectivity index (χ4n) is 1.37. The summed E-state index contributed by atoms with van der Waals surface area (Å²) in [5, 5.41) is 11.0. The number of esters is 1. The molecule has 0 saturated heterocycles. The van der Waals surface area contributed by atoms with Gasteiger partial charge >= 0.3 is 5.97 Å². The normalized spacial score (nSPS) is 12.9. The summed E-state index contributed by atoms with van der Waals surface area (Å²) in [5.74, 6) is 0.537. The lowest BCUT2D eigenvalue weighted by molar-refractivity contribution is -0.137. The van der Waals surface area contributed by atoms with Crippen LogP contribution in [0.4, 0.5) is 0 Å². The lowest BCUT2D eigenvalue weighted by atomic mass is 10.3. The second-order valence-corrected chi connectivity index (χ2v) is 3.58. The van der Waals surface area contributed by atoms with Crippen LogP contribution in [-0.2, 0) is 16.6 Å². The Morgan fingerprint density at radius 3 is 3.06 bits per heavy atom. The van der Waals surface area contributed by atoms with Gasteiger partial charge in [0.15, 0.2) is 0 Å². The number of carbonyl (C=O) groups is 1. The fraction of sp³-hybridized carbons (Fsp3) is 0.545. The molecule has 0 radical (unpaired) electrons. The molecular formula is C11H18N4O2. The van der Waals surface area contributed by atoms with Gasteiger partial charge in [-0.15, -0.1) is 10.2 Å². The van der Waals surface area contributed by atoms with E-state index in [1.807, 2.05) is 18.5 Å². The number of carbonyl (C=O) groups excluding carboxylic acids is 1. The van der Waals surface area contributed by atoms with Crippen LogP contribution in [0.5, 0.6) is 0 Å². The van der Waals surface area contributed by atoms with Crippen LogP contribution in [0.2, 0.25) is 0 Å². The highest BCUT2D eigenvalue weighted by atomic mass is 16.5. The Hall–Kier alpha value is -1.69. The summed E-state index contributed by atoms with van der Waals surface area (Å²) in [5.41, 5.74) is 0. The standard InChI is InChI=1S/C11H18N4O2/c1-4-17-10(16)6-5-7-12-9(2)11-14-13-8-15(11)3/h5-6,8-9,12H,4,7H2,1-3H3/b6-5+. The van der Waals surface area contributed by atoms with Crippen LogP contribution in [0.3, 0.4) is 0 Å². The van der Waals surface area contributed by atoms with E-state index >= 15 is 0 Å². The van der Waals surface area contributed by atoms with Crippen LogP contribution in [-0.4, -0.2) is 33.9 Å². The predicted molar refractivity (Wildman–Crippen MR) is 63.2 cm³/mol. The Morgan fingerprint density at radius 2 is 2.47 bits per heavy atom. The second-order valence-electron chi connectivity index (χ2n) is 3.58. The minimum absolute atomic E-state index is 0.0781. The maximum absolute atomic E-state index is 11.0. The molecule has 0 amide bonds. The molecule has 1 aromatic rings. The van der Waals surface area contributed by atoms with Crippen LogP contribution in [0.15, 0.2) is 18.5 Å². The molecule has 0 saturated carbocycles. The third kappa shape index (κ3) is 4.36. The van der Waals surface area contributed by atoms with Crippen molar-refractivity contribution < 1.29 is 9.53 Å². The third-order valence-electron chi connectivity index (χ3n) is 2.22. The van der Waals surface area contributed by atoms with E-state index in [4.69, 9.17) is 4.74 Å². The first-order valence-corrected chi connectivity index (χ1v) is 5.55. The molecule has 1 N–H and O–H groups in total. The van der Waals surface area contributed by atoms with Crippen LogP contribution < -0.4 is 5.32 Å². The van der Waals surface area contributed by atoms with E-state index < -0.39 is 0 Å². The van der Waals surface area contributed by atoms with Gasteiger partial charge in [0.1, 0.15) is 12.2 Å². The molecule has 1 heterocycles. The van der Waals surface area contributed by atoms with Gasteiger partial charge in [0.05, 0.1) is 12.6 Å². The molecule has 1 unspecified atom stereocenters. The van der Waals surface area contributed by atoms with Crippen molar-refractivity contribution in [1.29, 1.82) is 0 Å². The molecule has 94 valence electrons. The molecule has 0 aromatic carbocycles. The molecule has 1 atom stereocenters. The lowest BCUT2D eigenvalue weighted by Crippen LogP contribution is -2.21. The van der Waals surface area contributed by atoms with Crippen molar-refractivity contribution in [3.8, 4) is 0 Å². The van der Waals surface area contributed by atoms with Gasteiger partial charge in [-0.25, -0.2) is 4.79 Å². The quantitative estimate of drug-likeness (QED) is 0.580. The van der Waals surface area contributed by atoms with Gasteiger partial charge in [-0.2, -0.15) is 0 Å². The van der Waals surface area contributed by atoms with Crippen molar-refractivity contribution in [2.45, 2.75) is 19.9 Å². The first-order valence-electron chi connectivity index (χ1n) is 5.55. The molecule has 0 bridgehead atoms. The summed E-state index contributed by atoms with van der Waals surface area (Å²) < 4.78 is 6.61. The van der Waals surface area contributed by atoms with Crippen molar-refractivity contribution in [1.82, 2.24) is 20.1 Å². The van der Waals surface area contributed by atoms with Crippen LogP contribution in [0, 0.1) is 0 Å². The molecule has 1 aromatic heterocycles. The maximum Gasteiger partial charge on any atom is 0.330 e. The van der Waals surface area contributed by atoms with Gasteiger partial charge in [0.2, 0.25) is 0 Å². The average molecular weight is 238 g/mol. The molecule has 0 aliphatic carbocycles. The summed E-state index contributed by atoms with van der Waals surface area (Å²) in [7, 11) is 1.89. The Kier molecular flexibility index (Phi) is 5.35. The Labute approximate surface area is 101 Å². The molecule has 0 aliphatic heterocycles. The molecular weight excluding hydrogens is 220 g/mol. The molecule has 17 heavy (non-hydrogen) atoms. The molecule has 0 fully saturated rings. The SMILES string of the molecule is CCOC(=O)/C=C/CNC(C)c1nncn1C. The number of nitrogens with zero attached hydrogens (tertiary/aromatic N) is 3. The molecule has 0 spiro atoms. The van der Waals surface area contributed by atoms with E-state index in [2.05, 4.69) is 15.5 Å². The monoisotopic (exact) mass is 238 g/mol. The number of hydrogen-bond donors (Lipinski definition) is 1. The number of aromatic nitrogens is 3. The summed E-state index contributed by atoms with van der Waals surface area (Å²) in [4.78, 5) is 11.0. The summed E-state index contributed by atoms with van der Waals surface area (Å²) in [6.45, 7) is 4.74. The van der Waals surface area contributed by atoms with Gasteiger partial charge in [-0.05, 0) is 13.8 Å². The molecule has 1 rings (SSSR count). The van der Waals surface area contributed by atoms with E-state index in [1.54, 1.807) is 19.3 Å². The van der Waals surface area contributed by atoms with Crippen molar-refractivity contribution in [2.75, 3.05) is 13.2 Å². The van der Waals surface area contributed by atoms with Crippen LogP contribution in [0.25, 0.3) is 0 Å². The summed E-state index contributed by atoms with van der Waals surface area (Å²) in [6, 6.07) is 0.0781. The summed E-state index contributed by atoms with van der Waals surface area (Å²) >= 11 is 0. The van der Waals surface area contributed by atoms with Crippen molar-refractivity contribution in [2.24, 2.45) is 7.05 Å². The minimum atomic E-state index is -0.319. The Morgan fingerprint density at radius 1 is 1.71 bits per heavy atom. The second kappa shape index (κ2) is 6.80. The highest BCUT2D eigenvalue weighted by Crippen LogP contribution is 2.05. The lowest BCUT2D eigenvalue weighted by Gasteiger charge is -2.10. The minimum Gasteiger partial charge on any atom is -0.463 e. The number of aryl methyl sites for hydroxylation is 1. The molecule has 0 aliphatic rings. The van der Waals surface area contributed by atoms with Crippen molar-refractivity contribution in [3.05, 3.63) is 24.3 Å². The molecule has 6 nitrogen and oxygen atoms in total. The largest absolute Gasteiger partial charge is 0.463 e. The fourth-order valence-corrected chi connectivity index (χ4v) is 1.37. The average Bonchev–Trinajstić information content (AvgIpc) is 2.71. The van der Waals surface area contributed by atoms with Gasteiger partial charge in [0.25, 0.3) is 0 Å². The molecule has 6 heteroatoms. The highest BCUT2D eigenvalue weighted by molar-refractivity contribution is 5.81. The zero-order chi connectivity index (χ0) is 12.7. The van der Waals surface area contributed by atoms with E-state index in [0.29, 0.717) is 13.2 Å².